The molecule has 0 aromatic carbocycles. The van der Waals surface area contributed by atoms with E-state index in [2.05, 4.69) is 12.6 Å². The minimum absolute atomic E-state index is 0.0312. The molecule has 1 aliphatic rings. The normalized spacial score (nSPS) is 23.7. The molecule has 0 saturated carbocycles. The van der Waals surface area contributed by atoms with Crippen molar-refractivity contribution in [2.45, 2.75) is 12.3 Å². The maximum atomic E-state index is 12.2. The van der Waals surface area contributed by atoms with Crippen molar-refractivity contribution < 1.29 is 8.78 Å². The summed E-state index contributed by atoms with van der Waals surface area (Å²) in [6.45, 7) is 0.472. The van der Waals surface area contributed by atoms with Gasteiger partial charge in [-0.05, 0) is 13.3 Å². The second-order valence-corrected chi connectivity index (χ2v) is 2.34. The molecule has 0 atom stereocenters. The predicted octanol–water partition coefficient (Wildman–Crippen LogP) is 1.50. The molecule has 0 bridgehead atoms. The van der Waals surface area contributed by atoms with Crippen LogP contribution in [-0.4, -0.2) is 37.2 Å². The van der Waals surface area contributed by atoms with Gasteiger partial charge in [-0.3, -0.25) is 0 Å². The van der Waals surface area contributed by atoms with Crippen LogP contribution in [0.3, 0.4) is 0 Å². The summed E-state index contributed by atoms with van der Waals surface area (Å²) in [5, 5.41) is 0. The molecule has 0 N–H and O–H groups in total. The lowest BCUT2D eigenvalue weighted by atomic mass is 10.3. The van der Waals surface area contributed by atoms with E-state index in [1.807, 2.05) is 0 Å². The van der Waals surface area contributed by atoms with Crippen LogP contribution >= 0.6 is 12.6 Å². The second-order valence-electron chi connectivity index (χ2n) is 2.34. The van der Waals surface area contributed by atoms with Gasteiger partial charge in [0.1, 0.15) is 0 Å². The van der Waals surface area contributed by atoms with E-state index < -0.39 is 5.92 Å². The zero-order valence-electron chi connectivity index (χ0n) is 6.27. The molecule has 0 aromatic heterocycles. The van der Waals surface area contributed by atoms with Crippen LogP contribution in [0.5, 0.6) is 0 Å². The van der Waals surface area contributed by atoms with E-state index in [9.17, 15) is 8.78 Å². The third kappa shape index (κ3) is 3.37. The van der Waals surface area contributed by atoms with Gasteiger partial charge in [0.15, 0.2) is 0 Å². The molecular formula is C6H13F2NS. The van der Waals surface area contributed by atoms with Crippen molar-refractivity contribution in [1.82, 2.24) is 4.90 Å². The fraction of sp³-hybridized carbons (Fsp3) is 1.00. The van der Waals surface area contributed by atoms with Crippen molar-refractivity contribution in [3.8, 4) is 0 Å². The van der Waals surface area contributed by atoms with E-state index in [-0.39, 0.29) is 13.0 Å². The molecule has 0 aliphatic carbocycles. The molecule has 0 unspecified atom stereocenters. The van der Waals surface area contributed by atoms with Gasteiger partial charge < -0.3 is 4.90 Å². The summed E-state index contributed by atoms with van der Waals surface area (Å²) < 4.78 is 24.3. The number of hydrogen-bond donors (Lipinski definition) is 1. The molecule has 1 heterocycles. The van der Waals surface area contributed by atoms with Crippen molar-refractivity contribution >= 4 is 12.6 Å². The summed E-state index contributed by atoms with van der Waals surface area (Å²) in [5.74, 6) is -2.41. The van der Waals surface area contributed by atoms with E-state index >= 15 is 0 Å². The molecule has 1 saturated heterocycles. The van der Waals surface area contributed by atoms with E-state index in [0.29, 0.717) is 6.54 Å². The van der Waals surface area contributed by atoms with Gasteiger partial charge >= 0.3 is 0 Å². The first-order valence-corrected chi connectivity index (χ1v) is 4.01. The zero-order chi connectivity index (χ0) is 8.20. The summed E-state index contributed by atoms with van der Waals surface area (Å²) in [6.07, 6.45) is 1.73. The number of likely N-dealkylation sites (tertiary alicyclic amines) is 1. The molecule has 0 amide bonds. The Kier molecular flexibility index (Phi) is 4.20. The van der Waals surface area contributed by atoms with Gasteiger partial charge in [-0.15, -0.1) is 0 Å². The van der Waals surface area contributed by atoms with Crippen molar-refractivity contribution in [3.05, 3.63) is 0 Å². The minimum Gasteiger partial charge on any atom is -0.300 e. The monoisotopic (exact) mass is 169 g/mol. The van der Waals surface area contributed by atoms with Gasteiger partial charge in [0, 0.05) is 13.0 Å². The largest absolute Gasteiger partial charge is 0.300 e. The highest BCUT2D eigenvalue weighted by Gasteiger charge is 2.35. The topological polar surface area (TPSA) is 3.24 Å². The molecule has 62 valence electrons. The van der Waals surface area contributed by atoms with Crippen LogP contribution in [0.2, 0.25) is 0 Å². The number of alkyl halides is 2. The van der Waals surface area contributed by atoms with Gasteiger partial charge in [0.2, 0.25) is 0 Å². The highest BCUT2D eigenvalue weighted by molar-refractivity contribution is 7.79. The molecule has 4 heteroatoms. The average molecular weight is 169 g/mol. The van der Waals surface area contributed by atoms with E-state index in [0.717, 1.165) is 0 Å². The lowest BCUT2D eigenvalue weighted by Crippen LogP contribution is -2.21. The summed E-state index contributed by atoms with van der Waals surface area (Å²) in [4.78, 5) is 1.64. The third-order valence-corrected chi connectivity index (χ3v) is 1.36. The van der Waals surface area contributed by atoms with Crippen LogP contribution in [0.4, 0.5) is 8.78 Å². The quantitative estimate of drug-likeness (QED) is 0.538. The molecule has 0 spiro atoms. The standard InChI is InChI=1S/C5H9F2N.CH4S/c1-8-3-2-5(6,7)4-8;1-2/h2-4H2,1H3;2H,1H3. The van der Waals surface area contributed by atoms with Crippen molar-refractivity contribution in [3.63, 3.8) is 0 Å². The summed E-state index contributed by atoms with van der Waals surface area (Å²) in [5.41, 5.74) is 0. The Morgan fingerprint density at radius 2 is 1.90 bits per heavy atom. The Labute approximate surface area is 65.8 Å². The highest BCUT2D eigenvalue weighted by atomic mass is 32.1. The lowest BCUT2D eigenvalue weighted by Gasteiger charge is -2.06. The number of thiol groups is 1. The molecule has 10 heavy (non-hydrogen) atoms. The molecule has 1 nitrogen and oxygen atoms in total. The minimum atomic E-state index is -2.41. The maximum absolute atomic E-state index is 12.2. The highest BCUT2D eigenvalue weighted by Crippen LogP contribution is 2.24. The predicted molar refractivity (Wildman–Crippen MR) is 42.0 cm³/mol. The van der Waals surface area contributed by atoms with E-state index in [1.165, 1.54) is 0 Å². The Morgan fingerprint density at radius 3 is 2.00 bits per heavy atom. The van der Waals surface area contributed by atoms with Crippen molar-refractivity contribution in [1.29, 1.82) is 0 Å². The summed E-state index contributed by atoms with van der Waals surface area (Å²) in [6, 6.07) is 0. The van der Waals surface area contributed by atoms with Crippen LogP contribution < -0.4 is 0 Å². The number of rotatable bonds is 0. The summed E-state index contributed by atoms with van der Waals surface area (Å²) >= 11 is 3.53. The van der Waals surface area contributed by atoms with Gasteiger partial charge in [0.05, 0.1) is 6.54 Å². The van der Waals surface area contributed by atoms with E-state index in [1.54, 1.807) is 18.2 Å². The fourth-order valence-electron chi connectivity index (χ4n) is 0.907. The van der Waals surface area contributed by atoms with Crippen molar-refractivity contribution in [2.24, 2.45) is 0 Å². The molecule has 1 rings (SSSR count). The third-order valence-electron chi connectivity index (χ3n) is 1.36. The molecule has 1 aliphatic heterocycles. The van der Waals surface area contributed by atoms with Gasteiger partial charge in [-0.25, -0.2) is 8.78 Å². The Hall–Kier alpha value is 0.170. The maximum Gasteiger partial charge on any atom is 0.261 e. The van der Waals surface area contributed by atoms with Crippen LogP contribution in [0, 0.1) is 0 Å². The average Bonchev–Trinajstić information content (AvgIpc) is 2.15. The molecule has 0 radical (unpaired) electrons. The van der Waals surface area contributed by atoms with Gasteiger partial charge in [0.25, 0.3) is 5.92 Å². The smallest absolute Gasteiger partial charge is 0.261 e. The van der Waals surface area contributed by atoms with Gasteiger partial charge in [-0.2, -0.15) is 12.6 Å². The fourth-order valence-corrected chi connectivity index (χ4v) is 0.907. The van der Waals surface area contributed by atoms with Crippen LogP contribution in [0.25, 0.3) is 0 Å². The number of hydrogen-bond acceptors (Lipinski definition) is 2. The molecular weight excluding hydrogens is 156 g/mol. The first kappa shape index (κ1) is 10.2. The van der Waals surface area contributed by atoms with Crippen LogP contribution in [0.15, 0.2) is 0 Å². The zero-order valence-corrected chi connectivity index (χ0v) is 7.17. The Morgan fingerprint density at radius 1 is 1.40 bits per heavy atom. The SMILES string of the molecule is CN1CCC(F)(F)C1.CS. The van der Waals surface area contributed by atoms with Crippen LogP contribution in [-0.2, 0) is 0 Å². The Balaban J connectivity index is 0.000000371. The van der Waals surface area contributed by atoms with Crippen molar-refractivity contribution in [2.75, 3.05) is 26.4 Å². The lowest BCUT2D eigenvalue weighted by molar-refractivity contribution is 0.0146. The van der Waals surface area contributed by atoms with E-state index in [4.69, 9.17) is 0 Å². The van der Waals surface area contributed by atoms with Crippen LogP contribution in [0.1, 0.15) is 6.42 Å². The molecule has 0 aromatic rings. The van der Waals surface area contributed by atoms with Gasteiger partial charge in [-0.1, -0.05) is 0 Å². The Bertz CT molecular complexity index is 97.7. The number of nitrogens with zero attached hydrogens (tertiary/aromatic N) is 1. The first-order valence-electron chi connectivity index (χ1n) is 3.11. The number of halogens is 2. The first-order chi connectivity index (χ1) is 4.60. The molecule has 1 fully saturated rings. The second kappa shape index (κ2) is 4.13. The summed E-state index contributed by atoms with van der Waals surface area (Å²) in [7, 11) is 1.71.